The molecule has 58 heavy (non-hydrogen) atoms. The molecule has 0 atom stereocenters. The Labute approximate surface area is 337 Å². The zero-order chi connectivity index (χ0) is 38.9. The second kappa shape index (κ2) is 14.6. The van der Waals surface area contributed by atoms with E-state index in [9.17, 15) is 0 Å². The van der Waals surface area contributed by atoms with E-state index in [0.29, 0.717) is 23.2 Å². The average molecular weight is 743 g/mol. The predicted molar refractivity (Wildman–Crippen MR) is 232 cm³/mol. The lowest BCUT2D eigenvalue weighted by molar-refractivity contribution is 0.435. The number of hydrogen-bond acceptors (Lipinski definition) is 4. The fourth-order valence-corrected chi connectivity index (χ4v) is 8.12. The van der Waals surface area contributed by atoms with E-state index in [4.69, 9.17) is 26.3 Å². The summed E-state index contributed by atoms with van der Waals surface area (Å²) in [6, 6.07) is 70.6. The first kappa shape index (κ1) is 34.5. The van der Waals surface area contributed by atoms with Gasteiger partial charge in [-0.05, 0) is 51.6 Å². The summed E-state index contributed by atoms with van der Waals surface area (Å²) < 4.78 is 6.75. The minimum Gasteiger partial charge on any atom is -0.457 e. The quantitative estimate of drug-likeness (QED) is 0.153. The Kier molecular flexibility index (Phi) is 8.70. The molecule has 272 valence electrons. The molecule has 0 aliphatic carbocycles. The van der Waals surface area contributed by atoms with Crippen molar-refractivity contribution in [2.75, 3.05) is 0 Å². The van der Waals surface area contributed by atoms with E-state index >= 15 is 0 Å². The van der Waals surface area contributed by atoms with Crippen LogP contribution in [0, 0.1) is 6.57 Å². The van der Waals surface area contributed by atoms with Gasteiger partial charge in [0.2, 0.25) is 0 Å². The van der Waals surface area contributed by atoms with Gasteiger partial charge in [0.15, 0.2) is 23.2 Å². The van der Waals surface area contributed by atoms with Crippen molar-refractivity contribution in [1.82, 2.24) is 15.0 Å². The number of benzene rings is 8. The minimum atomic E-state index is -0.565. The van der Waals surface area contributed by atoms with Gasteiger partial charge in [-0.2, -0.15) is 0 Å². The van der Waals surface area contributed by atoms with Crippen molar-refractivity contribution in [3.8, 4) is 67.9 Å². The van der Waals surface area contributed by atoms with Gasteiger partial charge in [0.25, 0.3) is 0 Å². The fourth-order valence-electron chi connectivity index (χ4n) is 8.12. The van der Waals surface area contributed by atoms with Crippen LogP contribution < -0.4 is 4.74 Å². The highest BCUT2D eigenvalue weighted by atomic mass is 16.5. The fraction of sp³-hybridized carbons (Fsp3) is 0.0189. The first-order valence-electron chi connectivity index (χ1n) is 19.2. The van der Waals surface area contributed by atoms with Gasteiger partial charge in [0, 0.05) is 27.8 Å². The Morgan fingerprint density at radius 3 is 1.45 bits per heavy atom. The summed E-state index contributed by atoms with van der Waals surface area (Å²) in [5.41, 5.74) is 11.4. The van der Waals surface area contributed by atoms with Gasteiger partial charge in [-0.15, -0.1) is 0 Å². The summed E-state index contributed by atoms with van der Waals surface area (Å²) in [5, 5.41) is 0. The normalized spacial score (nSPS) is 12.4. The lowest BCUT2D eigenvalue weighted by Crippen LogP contribution is -2.34. The molecule has 0 amide bonds. The molecule has 0 saturated carbocycles. The number of rotatable bonds is 7. The van der Waals surface area contributed by atoms with Crippen molar-refractivity contribution >= 4 is 5.69 Å². The molecule has 0 spiro atoms. The molecule has 1 aromatic heterocycles. The topological polar surface area (TPSA) is 52.3 Å². The van der Waals surface area contributed by atoms with Crippen LogP contribution in [0.2, 0.25) is 0 Å². The number of hydrogen-bond donors (Lipinski definition) is 0. The van der Waals surface area contributed by atoms with Crippen LogP contribution in [0.5, 0.6) is 11.5 Å². The molecule has 0 fully saturated rings. The summed E-state index contributed by atoms with van der Waals surface area (Å²) >= 11 is 0. The SMILES string of the molecule is [C-]#[N+]c1ccc(-c2cccc(-c3nc(-c4ccccc4)nc(-c4ccc(-c5ccc6c(c5)Oc5ccccc5C6(c5ccccc5)c5ccccc5)cc4)n3)c2)cc1. The van der Waals surface area contributed by atoms with Crippen LogP contribution in [0.25, 0.3) is 61.3 Å². The molecule has 8 aromatic carbocycles. The van der Waals surface area contributed by atoms with Crippen LogP contribution in [0.15, 0.2) is 206 Å². The van der Waals surface area contributed by atoms with Gasteiger partial charge in [-0.3, -0.25) is 0 Å². The third-order valence-electron chi connectivity index (χ3n) is 10.9. The van der Waals surface area contributed by atoms with Gasteiger partial charge in [0.1, 0.15) is 11.5 Å². The van der Waals surface area contributed by atoms with E-state index in [1.807, 2.05) is 72.8 Å². The Morgan fingerprint density at radius 1 is 0.362 bits per heavy atom. The largest absolute Gasteiger partial charge is 0.457 e. The van der Waals surface area contributed by atoms with Crippen molar-refractivity contribution in [3.05, 3.63) is 240 Å². The molecular weight excluding hydrogens is 709 g/mol. The van der Waals surface area contributed by atoms with E-state index in [2.05, 4.69) is 138 Å². The smallest absolute Gasteiger partial charge is 0.187 e. The summed E-state index contributed by atoms with van der Waals surface area (Å²) in [6.45, 7) is 7.32. The summed E-state index contributed by atoms with van der Waals surface area (Å²) in [5.74, 6) is 3.44. The highest BCUT2D eigenvalue weighted by Gasteiger charge is 2.45. The number of ether oxygens (including phenoxy) is 1. The number of para-hydroxylation sites is 1. The highest BCUT2D eigenvalue weighted by molar-refractivity contribution is 5.77. The second-order valence-electron chi connectivity index (χ2n) is 14.3. The standard InChI is InChI=1S/C53H34N4O/c1-54-45-31-28-37(29-32-45)40-16-13-17-42(34-40)52-56-50(38-14-5-2-6-15-38)55-51(57-52)39-26-24-36(25-27-39)41-30-33-47-49(35-41)58-48-23-12-11-22-46(48)53(47,43-18-7-3-8-19-43)44-20-9-4-10-21-44/h2-35H. The highest BCUT2D eigenvalue weighted by Crippen LogP contribution is 2.55. The molecule has 1 aliphatic rings. The van der Waals surface area contributed by atoms with Crippen molar-refractivity contribution in [2.45, 2.75) is 5.41 Å². The van der Waals surface area contributed by atoms with Gasteiger partial charge < -0.3 is 4.74 Å². The van der Waals surface area contributed by atoms with Gasteiger partial charge >= 0.3 is 0 Å². The molecule has 5 heteroatoms. The summed E-state index contributed by atoms with van der Waals surface area (Å²) in [4.78, 5) is 18.5. The van der Waals surface area contributed by atoms with Gasteiger partial charge in [-0.1, -0.05) is 188 Å². The van der Waals surface area contributed by atoms with E-state index in [0.717, 1.165) is 61.6 Å². The van der Waals surface area contributed by atoms with Gasteiger partial charge in [-0.25, -0.2) is 19.8 Å². The maximum Gasteiger partial charge on any atom is 0.187 e. The van der Waals surface area contributed by atoms with Crippen LogP contribution >= 0.6 is 0 Å². The molecular formula is C53H34N4O. The van der Waals surface area contributed by atoms with Crippen LogP contribution in [0.4, 0.5) is 5.69 Å². The van der Waals surface area contributed by atoms with Crippen LogP contribution in [0.3, 0.4) is 0 Å². The second-order valence-corrected chi connectivity index (χ2v) is 14.3. The zero-order valence-electron chi connectivity index (χ0n) is 31.3. The summed E-state index contributed by atoms with van der Waals surface area (Å²) in [7, 11) is 0. The van der Waals surface area contributed by atoms with E-state index in [-0.39, 0.29) is 0 Å². The third kappa shape index (κ3) is 6.10. The van der Waals surface area contributed by atoms with Crippen molar-refractivity contribution < 1.29 is 4.74 Å². The molecule has 0 N–H and O–H groups in total. The molecule has 0 bridgehead atoms. The third-order valence-corrected chi connectivity index (χ3v) is 10.9. The van der Waals surface area contributed by atoms with E-state index < -0.39 is 5.41 Å². The maximum atomic E-state index is 7.32. The minimum absolute atomic E-state index is 0.565. The first-order chi connectivity index (χ1) is 28.7. The van der Waals surface area contributed by atoms with E-state index in [1.54, 1.807) is 0 Å². The van der Waals surface area contributed by atoms with Crippen molar-refractivity contribution in [1.29, 1.82) is 0 Å². The number of nitrogens with zero attached hydrogens (tertiary/aromatic N) is 4. The Hall–Kier alpha value is -7.94. The Bertz CT molecular complexity index is 2920. The molecule has 5 nitrogen and oxygen atoms in total. The molecule has 9 aromatic rings. The maximum absolute atomic E-state index is 7.32. The van der Waals surface area contributed by atoms with Crippen molar-refractivity contribution in [2.24, 2.45) is 0 Å². The Morgan fingerprint density at radius 2 is 0.810 bits per heavy atom. The van der Waals surface area contributed by atoms with E-state index in [1.165, 1.54) is 11.1 Å². The summed E-state index contributed by atoms with van der Waals surface area (Å²) in [6.07, 6.45) is 0. The van der Waals surface area contributed by atoms with Crippen LogP contribution in [-0.4, -0.2) is 15.0 Å². The lowest BCUT2D eigenvalue weighted by Gasteiger charge is -2.41. The molecule has 2 heterocycles. The van der Waals surface area contributed by atoms with Crippen molar-refractivity contribution in [3.63, 3.8) is 0 Å². The number of fused-ring (bicyclic) bond motifs is 2. The van der Waals surface area contributed by atoms with Gasteiger partial charge in [0.05, 0.1) is 12.0 Å². The molecule has 10 rings (SSSR count). The molecule has 0 unspecified atom stereocenters. The molecule has 0 radical (unpaired) electrons. The van der Waals surface area contributed by atoms with Crippen LogP contribution in [0.1, 0.15) is 22.3 Å². The molecule has 1 aliphatic heterocycles. The average Bonchev–Trinajstić information content (AvgIpc) is 3.31. The number of aromatic nitrogens is 3. The predicted octanol–water partition coefficient (Wildman–Crippen LogP) is 13.2. The first-order valence-corrected chi connectivity index (χ1v) is 19.2. The van der Waals surface area contributed by atoms with Crippen LogP contribution in [-0.2, 0) is 5.41 Å². The Balaban J connectivity index is 1.04. The lowest BCUT2D eigenvalue weighted by atomic mass is 9.63. The molecule has 0 saturated heterocycles. The monoisotopic (exact) mass is 742 g/mol. The zero-order valence-corrected chi connectivity index (χ0v) is 31.3.